The fraction of sp³-hybridized carbons (Fsp3) is 0.0769. The highest BCUT2D eigenvalue weighted by Crippen LogP contribution is 2.52. The second-order valence-electron chi connectivity index (χ2n) is 8.01. The van der Waals surface area contributed by atoms with Crippen LogP contribution < -0.4 is 10.5 Å². The van der Waals surface area contributed by atoms with E-state index in [-0.39, 0.29) is 12.6 Å². The minimum absolute atomic E-state index is 0.0634. The number of rotatable bonds is 2. The third-order valence-corrected chi connectivity index (χ3v) is 6.07. The highest BCUT2D eigenvalue weighted by Gasteiger charge is 2.47. The Hall–Kier alpha value is -4.77. The van der Waals surface area contributed by atoms with Gasteiger partial charge in [-0.3, -0.25) is 4.98 Å². The summed E-state index contributed by atoms with van der Waals surface area (Å²) in [4.78, 5) is 13.0. The van der Waals surface area contributed by atoms with Crippen molar-refractivity contribution in [2.45, 2.75) is 5.54 Å². The van der Waals surface area contributed by atoms with Gasteiger partial charge in [-0.05, 0) is 48.0 Å². The van der Waals surface area contributed by atoms with Gasteiger partial charge in [0.15, 0.2) is 11.3 Å². The Morgan fingerprint density at radius 1 is 0.971 bits per heavy atom. The topological polar surface area (TPSA) is 106 Å². The fourth-order valence-corrected chi connectivity index (χ4v) is 4.40. The first kappa shape index (κ1) is 19.9. The van der Waals surface area contributed by atoms with Crippen molar-refractivity contribution in [3.05, 3.63) is 95.7 Å². The van der Waals surface area contributed by atoms with E-state index in [1.54, 1.807) is 42.6 Å². The number of pyridine rings is 2. The van der Waals surface area contributed by atoms with Gasteiger partial charge >= 0.3 is 0 Å². The maximum Gasteiger partial charge on any atom is 0.283 e. The zero-order valence-electron chi connectivity index (χ0n) is 17.7. The molecule has 8 heteroatoms. The summed E-state index contributed by atoms with van der Waals surface area (Å²) < 4.78 is 26.2. The molecule has 2 aliphatic rings. The number of amidine groups is 1. The van der Waals surface area contributed by atoms with Crippen LogP contribution in [-0.4, -0.2) is 22.6 Å². The standard InChI is InChI=1S/C26H16FN5O2/c27-24-18(2-1-9-30-24)17-7-8-22-19(10-17)26(14-33-25(29)32-26)20-11-21(31-13-23(20)34-22)16-5-3-15(12-28)4-6-16/h1-11,13H,14H2,(H2,29,32)/t26-/m0/s1. The Labute approximate surface area is 194 Å². The lowest BCUT2D eigenvalue weighted by Crippen LogP contribution is -2.31. The smallest absolute Gasteiger partial charge is 0.283 e. The molecule has 2 aromatic heterocycles. The van der Waals surface area contributed by atoms with Gasteiger partial charge in [-0.1, -0.05) is 18.2 Å². The lowest BCUT2D eigenvalue weighted by molar-refractivity contribution is 0.264. The van der Waals surface area contributed by atoms with Gasteiger partial charge in [-0.15, -0.1) is 0 Å². The SMILES string of the molecule is N#Cc1ccc(-c2cc3c(cn2)Oc2ccc(-c4cccnc4F)cc2[C@@]32COC(N)=N2)cc1. The van der Waals surface area contributed by atoms with E-state index < -0.39 is 11.5 Å². The summed E-state index contributed by atoms with van der Waals surface area (Å²) in [7, 11) is 0. The van der Waals surface area contributed by atoms with Crippen molar-refractivity contribution in [3.8, 4) is 40.0 Å². The van der Waals surface area contributed by atoms with Crippen LogP contribution in [0.3, 0.4) is 0 Å². The molecule has 0 saturated carbocycles. The van der Waals surface area contributed by atoms with Crippen molar-refractivity contribution in [1.82, 2.24) is 9.97 Å². The molecule has 6 rings (SSSR count). The van der Waals surface area contributed by atoms with Gasteiger partial charge in [-0.2, -0.15) is 9.65 Å². The van der Waals surface area contributed by atoms with Crippen LogP contribution in [0.1, 0.15) is 16.7 Å². The second-order valence-corrected chi connectivity index (χ2v) is 8.01. The van der Waals surface area contributed by atoms with E-state index in [4.69, 9.17) is 25.5 Å². The first-order chi connectivity index (χ1) is 16.6. The Kier molecular flexibility index (Phi) is 4.32. The second kappa shape index (κ2) is 7.39. The number of benzene rings is 2. The van der Waals surface area contributed by atoms with E-state index >= 15 is 0 Å². The van der Waals surface area contributed by atoms with Crippen LogP contribution in [0.5, 0.6) is 11.5 Å². The number of fused-ring (bicyclic) bond motifs is 4. The summed E-state index contributed by atoms with van der Waals surface area (Å²) in [6, 6.07) is 20.0. The molecule has 164 valence electrons. The van der Waals surface area contributed by atoms with Crippen LogP contribution in [0.25, 0.3) is 22.4 Å². The number of nitriles is 1. The third kappa shape index (κ3) is 2.98. The first-order valence-electron chi connectivity index (χ1n) is 10.5. The Balaban J connectivity index is 1.53. The molecule has 0 amide bonds. The lowest BCUT2D eigenvalue weighted by atomic mass is 9.80. The average molecular weight is 449 g/mol. The molecule has 1 spiro atoms. The average Bonchev–Trinajstić information content (AvgIpc) is 3.26. The predicted molar refractivity (Wildman–Crippen MR) is 122 cm³/mol. The van der Waals surface area contributed by atoms with E-state index in [9.17, 15) is 4.39 Å². The van der Waals surface area contributed by atoms with E-state index in [1.165, 1.54) is 6.20 Å². The number of aromatic nitrogens is 2. The molecule has 0 radical (unpaired) electrons. The van der Waals surface area contributed by atoms with Gasteiger partial charge < -0.3 is 15.2 Å². The zero-order valence-corrected chi connectivity index (χ0v) is 17.7. The normalized spacial score (nSPS) is 17.7. The number of nitrogens with two attached hydrogens (primary N) is 1. The summed E-state index contributed by atoms with van der Waals surface area (Å²) in [5.74, 6) is 0.536. The Morgan fingerprint density at radius 2 is 1.76 bits per heavy atom. The van der Waals surface area contributed by atoms with E-state index in [1.807, 2.05) is 24.3 Å². The third-order valence-electron chi connectivity index (χ3n) is 6.07. The van der Waals surface area contributed by atoms with Crippen LogP contribution in [0, 0.1) is 17.3 Å². The maximum atomic E-state index is 14.4. The Morgan fingerprint density at radius 3 is 2.50 bits per heavy atom. The predicted octanol–water partition coefficient (Wildman–Crippen LogP) is 4.52. The van der Waals surface area contributed by atoms with Crippen molar-refractivity contribution in [3.63, 3.8) is 0 Å². The summed E-state index contributed by atoms with van der Waals surface area (Å²) in [5, 5.41) is 9.09. The highest BCUT2D eigenvalue weighted by atomic mass is 19.1. The molecule has 0 aliphatic carbocycles. The fourth-order valence-electron chi connectivity index (χ4n) is 4.40. The number of hydrogen-bond donors (Lipinski definition) is 1. The van der Waals surface area contributed by atoms with Crippen LogP contribution in [0.2, 0.25) is 0 Å². The number of ether oxygens (including phenoxy) is 2. The monoisotopic (exact) mass is 449 g/mol. The van der Waals surface area contributed by atoms with E-state index in [0.29, 0.717) is 39.4 Å². The molecule has 0 unspecified atom stereocenters. The van der Waals surface area contributed by atoms with Crippen molar-refractivity contribution in [1.29, 1.82) is 5.26 Å². The maximum absolute atomic E-state index is 14.4. The van der Waals surface area contributed by atoms with Crippen LogP contribution in [-0.2, 0) is 10.3 Å². The number of halogens is 1. The van der Waals surface area contributed by atoms with Gasteiger partial charge in [0.1, 0.15) is 12.4 Å². The molecule has 0 bridgehead atoms. The van der Waals surface area contributed by atoms with Crippen LogP contribution in [0.15, 0.2) is 78.0 Å². The minimum atomic E-state index is -0.980. The molecule has 4 heterocycles. The number of nitrogens with zero attached hydrogens (tertiary/aromatic N) is 4. The molecule has 2 N–H and O–H groups in total. The molecule has 2 aromatic carbocycles. The van der Waals surface area contributed by atoms with Crippen LogP contribution >= 0.6 is 0 Å². The zero-order chi connectivity index (χ0) is 23.3. The van der Waals surface area contributed by atoms with Crippen molar-refractivity contribution >= 4 is 6.02 Å². The van der Waals surface area contributed by atoms with Crippen molar-refractivity contribution in [2.24, 2.45) is 10.7 Å². The molecular formula is C26H16FN5O2. The van der Waals surface area contributed by atoms with Crippen LogP contribution in [0.4, 0.5) is 4.39 Å². The van der Waals surface area contributed by atoms with Gasteiger partial charge in [0.25, 0.3) is 6.02 Å². The van der Waals surface area contributed by atoms with Gasteiger partial charge in [0.2, 0.25) is 5.95 Å². The first-order valence-corrected chi connectivity index (χ1v) is 10.5. The Bertz CT molecular complexity index is 1530. The molecule has 4 aromatic rings. The number of hydrogen-bond acceptors (Lipinski definition) is 7. The summed E-state index contributed by atoms with van der Waals surface area (Å²) >= 11 is 0. The van der Waals surface area contributed by atoms with Gasteiger partial charge in [0.05, 0.1) is 23.5 Å². The minimum Gasteiger partial charge on any atom is -0.462 e. The summed E-state index contributed by atoms with van der Waals surface area (Å²) in [6.45, 7) is 0.165. The van der Waals surface area contributed by atoms with E-state index in [0.717, 1.165) is 11.1 Å². The molecule has 2 aliphatic heterocycles. The quantitative estimate of drug-likeness (QED) is 0.451. The summed E-state index contributed by atoms with van der Waals surface area (Å²) in [6.07, 6.45) is 3.05. The number of aliphatic imine (C=N–C) groups is 1. The highest BCUT2D eigenvalue weighted by molar-refractivity contribution is 5.78. The van der Waals surface area contributed by atoms with Crippen molar-refractivity contribution < 1.29 is 13.9 Å². The lowest BCUT2D eigenvalue weighted by Gasteiger charge is -2.33. The van der Waals surface area contributed by atoms with E-state index in [2.05, 4.69) is 16.0 Å². The largest absolute Gasteiger partial charge is 0.462 e. The van der Waals surface area contributed by atoms with Crippen molar-refractivity contribution in [2.75, 3.05) is 6.61 Å². The molecule has 0 fully saturated rings. The van der Waals surface area contributed by atoms with Gasteiger partial charge in [-0.25, -0.2) is 9.98 Å². The molecular weight excluding hydrogens is 433 g/mol. The molecule has 7 nitrogen and oxygen atoms in total. The molecule has 1 atom stereocenters. The molecule has 0 saturated heterocycles. The summed E-state index contributed by atoms with van der Waals surface area (Å²) in [5.41, 5.74) is 9.53. The van der Waals surface area contributed by atoms with Gasteiger partial charge in [0, 0.05) is 28.5 Å². The molecule has 34 heavy (non-hydrogen) atoms.